The second-order valence-corrected chi connectivity index (χ2v) is 5.18. The molecule has 0 saturated heterocycles. The van der Waals surface area contributed by atoms with Gasteiger partial charge >= 0.3 is 18.0 Å². The zero-order valence-electron chi connectivity index (χ0n) is 13.3. The predicted molar refractivity (Wildman–Crippen MR) is 85.2 cm³/mol. The van der Waals surface area contributed by atoms with Gasteiger partial charge in [0, 0.05) is 19.2 Å². The number of urea groups is 1. The molecule has 0 heterocycles. The molecule has 0 aliphatic carbocycles. The summed E-state index contributed by atoms with van der Waals surface area (Å²) >= 11 is 3.88. The molecule has 13 heteroatoms. The average Bonchev–Trinajstić information content (AvgIpc) is 2.53. The van der Waals surface area contributed by atoms with Crippen LogP contribution in [0.3, 0.4) is 0 Å². The molecule has 0 fully saturated rings. The zero-order valence-corrected chi connectivity index (χ0v) is 14.2. The Morgan fingerprint density at radius 1 is 1.08 bits per heavy atom. The van der Waals surface area contributed by atoms with Crippen molar-refractivity contribution in [1.82, 2.24) is 21.0 Å². The van der Waals surface area contributed by atoms with Crippen LogP contribution in [-0.2, 0) is 19.2 Å². The van der Waals surface area contributed by atoms with E-state index in [4.69, 9.17) is 15.4 Å². The SMILES string of the molecule is CN(O)C(=O)N[C@@H](CCC(=O)N[C@@H](CS)C(=O)NCC(=O)O)C(=O)O. The molecule has 0 spiro atoms. The Bertz CT molecular complexity index is 527. The van der Waals surface area contributed by atoms with E-state index in [0.717, 1.165) is 7.05 Å². The Morgan fingerprint density at radius 3 is 2.12 bits per heavy atom. The number of thiol groups is 1. The Balaban J connectivity index is 4.53. The average molecular weight is 380 g/mol. The summed E-state index contributed by atoms with van der Waals surface area (Å²) in [7, 11) is 0.994. The molecule has 0 aromatic rings. The van der Waals surface area contributed by atoms with E-state index in [1.54, 1.807) is 0 Å². The number of aliphatic carboxylic acids is 2. The quantitative estimate of drug-likeness (QED) is 0.127. The first-order valence-corrected chi connectivity index (χ1v) is 7.57. The van der Waals surface area contributed by atoms with Crippen molar-refractivity contribution in [3.8, 4) is 0 Å². The summed E-state index contributed by atoms with van der Waals surface area (Å²) in [6.07, 6.45) is -0.639. The topological polar surface area (TPSA) is 185 Å². The summed E-state index contributed by atoms with van der Waals surface area (Å²) in [5.41, 5.74) is 0. The van der Waals surface area contributed by atoms with Gasteiger partial charge < -0.3 is 26.2 Å². The minimum Gasteiger partial charge on any atom is -0.480 e. The van der Waals surface area contributed by atoms with Crippen LogP contribution < -0.4 is 16.0 Å². The largest absolute Gasteiger partial charge is 0.480 e. The van der Waals surface area contributed by atoms with Gasteiger partial charge in [0.25, 0.3) is 0 Å². The van der Waals surface area contributed by atoms with Gasteiger partial charge in [0.2, 0.25) is 11.8 Å². The third-order valence-electron chi connectivity index (χ3n) is 2.80. The number of hydrogen-bond acceptors (Lipinski definition) is 7. The second-order valence-electron chi connectivity index (χ2n) is 4.82. The van der Waals surface area contributed by atoms with Gasteiger partial charge in [-0.25, -0.2) is 14.7 Å². The molecule has 0 aliphatic heterocycles. The highest BCUT2D eigenvalue weighted by molar-refractivity contribution is 7.80. The molecule has 2 atom stereocenters. The number of nitrogens with one attached hydrogen (secondary N) is 3. The predicted octanol–water partition coefficient (Wildman–Crippen LogP) is -2.13. The monoisotopic (exact) mass is 380 g/mol. The van der Waals surface area contributed by atoms with Crippen molar-refractivity contribution in [3.63, 3.8) is 0 Å². The van der Waals surface area contributed by atoms with E-state index >= 15 is 0 Å². The maximum absolute atomic E-state index is 11.8. The first kappa shape index (κ1) is 22.5. The van der Waals surface area contributed by atoms with E-state index in [1.165, 1.54) is 0 Å². The van der Waals surface area contributed by atoms with Gasteiger partial charge in [0.15, 0.2) is 0 Å². The molecule has 0 saturated carbocycles. The normalized spacial score (nSPS) is 12.4. The van der Waals surface area contributed by atoms with Crippen LogP contribution in [0.25, 0.3) is 0 Å². The number of nitrogens with zero attached hydrogens (tertiary/aromatic N) is 1. The summed E-state index contributed by atoms with van der Waals surface area (Å²) in [6, 6.07) is -3.59. The number of carbonyl (C=O) groups excluding carboxylic acids is 3. The minimum atomic E-state index is -1.43. The van der Waals surface area contributed by atoms with Gasteiger partial charge in [0.05, 0.1) is 0 Å². The number of hydroxylamine groups is 2. The lowest BCUT2D eigenvalue weighted by atomic mass is 10.1. The van der Waals surface area contributed by atoms with Crippen molar-refractivity contribution in [1.29, 1.82) is 0 Å². The molecule has 25 heavy (non-hydrogen) atoms. The van der Waals surface area contributed by atoms with E-state index in [9.17, 15) is 24.0 Å². The van der Waals surface area contributed by atoms with Crippen molar-refractivity contribution in [2.75, 3.05) is 19.3 Å². The van der Waals surface area contributed by atoms with E-state index in [2.05, 4.69) is 23.3 Å². The van der Waals surface area contributed by atoms with Crippen LogP contribution in [0.2, 0.25) is 0 Å². The maximum Gasteiger partial charge on any atom is 0.341 e. The van der Waals surface area contributed by atoms with E-state index < -0.39 is 48.4 Å². The highest BCUT2D eigenvalue weighted by Gasteiger charge is 2.24. The van der Waals surface area contributed by atoms with Crippen LogP contribution in [0.4, 0.5) is 4.79 Å². The van der Waals surface area contributed by atoms with E-state index in [0.29, 0.717) is 0 Å². The molecule has 0 unspecified atom stereocenters. The molecule has 6 N–H and O–H groups in total. The lowest BCUT2D eigenvalue weighted by molar-refractivity contribution is -0.140. The summed E-state index contributed by atoms with van der Waals surface area (Å²) in [5, 5.41) is 32.8. The fourth-order valence-corrected chi connectivity index (χ4v) is 1.78. The van der Waals surface area contributed by atoms with Gasteiger partial charge in [-0.1, -0.05) is 0 Å². The van der Waals surface area contributed by atoms with Crippen LogP contribution >= 0.6 is 12.6 Å². The van der Waals surface area contributed by atoms with Crippen LogP contribution in [0.1, 0.15) is 12.8 Å². The fourth-order valence-electron chi connectivity index (χ4n) is 1.52. The third kappa shape index (κ3) is 9.36. The number of amides is 4. The van der Waals surface area contributed by atoms with Crippen LogP contribution in [-0.4, -0.2) is 81.7 Å². The Morgan fingerprint density at radius 2 is 1.68 bits per heavy atom. The summed E-state index contributed by atoms with van der Waals surface area (Å²) < 4.78 is 0. The molecule has 0 bridgehead atoms. The number of carbonyl (C=O) groups is 5. The number of rotatable bonds is 10. The van der Waals surface area contributed by atoms with Crippen LogP contribution in [0.15, 0.2) is 0 Å². The summed E-state index contributed by atoms with van der Waals surface area (Å²) in [6.45, 7) is -0.624. The number of carboxylic acid groups (broad SMARTS) is 2. The number of hydrogen-bond donors (Lipinski definition) is 7. The van der Waals surface area contributed by atoms with Gasteiger partial charge in [-0.15, -0.1) is 0 Å². The molecular weight excluding hydrogens is 360 g/mol. The van der Waals surface area contributed by atoms with Gasteiger partial charge in [-0.3, -0.25) is 19.6 Å². The summed E-state index contributed by atoms with van der Waals surface area (Å²) in [5.74, 6) is -4.22. The van der Waals surface area contributed by atoms with Crippen molar-refractivity contribution in [2.24, 2.45) is 0 Å². The second kappa shape index (κ2) is 11.1. The lowest BCUT2D eigenvalue weighted by Crippen LogP contribution is -2.50. The van der Waals surface area contributed by atoms with Crippen molar-refractivity contribution < 1.29 is 39.4 Å². The minimum absolute atomic E-state index is 0.106. The molecule has 0 rings (SSSR count). The standard InChI is InChI=1S/C12H20N4O8S/c1-16(24)12(23)15-6(11(21)22)2-3-8(17)14-7(5-25)10(20)13-4-9(18)19/h6-7,24-25H,2-5H2,1H3,(H,13,20)(H,14,17)(H,15,23)(H,18,19)(H,21,22)/t6-,7-/m0/s1. The summed E-state index contributed by atoms with van der Waals surface area (Å²) in [4.78, 5) is 56.1. The maximum atomic E-state index is 11.8. The van der Waals surface area contributed by atoms with Gasteiger partial charge in [-0.05, 0) is 6.42 Å². The smallest absolute Gasteiger partial charge is 0.341 e. The molecule has 4 amide bonds. The van der Waals surface area contributed by atoms with Gasteiger partial charge in [-0.2, -0.15) is 12.6 Å². The van der Waals surface area contributed by atoms with Gasteiger partial charge in [0.1, 0.15) is 18.6 Å². The zero-order chi connectivity index (χ0) is 19.6. The van der Waals surface area contributed by atoms with Crippen molar-refractivity contribution in [3.05, 3.63) is 0 Å². The molecule has 0 aliphatic rings. The van der Waals surface area contributed by atoms with Crippen molar-refractivity contribution >= 4 is 42.4 Å². The Labute approximate surface area is 147 Å². The number of carboxylic acids is 2. The molecule has 142 valence electrons. The molecule has 0 radical (unpaired) electrons. The lowest BCUT2D eigenvalue weighted by Gasteiger charge is -2.18. The fraction of sp³-hybridized carbons (Fsp3) is 0.583. The van der Waals surface area contributed by atoms with Crippen LogP contribution in [0, 0.1) is 0 Å². The van der Waals surface area contributed by atoms with E-state index in [-0.39, 0.29) is 23.7 Å². The third-order valence-corrected chi connectivity index (χ3v) is 3.16. The first-order chi connectivity index (χ1) is 11.6. The Kier molecular flexibility index (Phi) is 9.96. The Hall–Kier alpha value is -2.54. The first-order valence-electron chi connectivity index (χ1n) is 6.94. The highest BCUT2D eigenvalue weighted by atomic mass is 32.1. The highest BCUT2D eigenvalue weighted by Crippen LogP contribution is 2.00. The van der Waals surface area contributed by atoms with Crippen molar-refractivity contribution in [2.45, 2.75) is 24.9 Å². The molecule has 0 aromatic heterocycles. The molecule has 12 nitrogen and oxygen atoms in total. The molecule has 0 aromatic carbocycles. The van der Waals surface area contributed by atoms with Crippen LogP contribution in [0.5, 0.6) is 0 Å². The van der Waals surface area contributed by atoms with E-state index in [1.807, 2.05) is 5.32 Å². The molecular formula is C12H20N4O8S.